The van der Waals surface area contributed by atoms with Crippen molar-refractivity contribution in [2.45, 2.75) is 57.5 Å². The van der Waals surface area contributed by atoms with Crippen molar-refractivity contribution in [2.24, 2.45) is 17.8 Å². The highest BCUT2D eigenvalue weighted by Crippen LogP contribution is 2.63. The number of aryl methyl sites for hydroxylation is 1. The van der Waals surface area contributed by atoms with Crippen LogP contribution in [0.4, 0.5) is 0 Å². The molecule has 0 spiro atoms. The minimum Gasteiger partial charge on any atom is -0.497 e. The van der Waals surface area contributed by atoms with E-state index >= 15 is 0 Å². The van der Waals surface area contributed by atoms with Crippen LogP contribution in [0.3, 0.4) is 0 Å². The van der Waals surface area contributed by atoms with Crippen LogP contribution in [0.1, 0.15) is 56.1 Å². The van der Waals surface area contributed by atoms with Gasteiger partial charge >= 0.3 is 0 Å². The highest BCUT2D eigenvalue weighted by atomic mass is 16.7. The molecule has 1 amide bonds. The third-order valence-corrected chi connectivity index (χ3v) is 6.46. The molecular formula is C20H27NO3. The van der Waals surface area contributed by atoms with Gasteiger partial charge in [-0.3, -0.25) is 9.63 Å². The van der Waals surface area contributed by atoms with E-state index in [4.69, 9.17) is 9.57 Å². The SMILES string of the molecule is COc1ccc(C)c(C2C3CC4CC(C3)CC2(ONC(C)=O)C4)c1. The molecule has 1 aromatic rings. The molecule has 4 bridgehead atoms. The maximum atomic E-state index is 11.5. The Hall–Kier alpha value is -1.55. The highest BCUT2D eigenvalue weighted by Gasteiger charge is 2.59. The zero-order valence-corrected chi connectivity index (χ0v) is 14.8. The van der Waals surface area contributed by atoms with Crippen molar-refractivity contribution in [3.8, 4) is 5.75 Å². The number of nitrogens with one attached hydrogen (secondary N) is 1. The molecule has 5 rings (SSSR count). The first kappa shape index (κ1) is 15.9. The Morgan fingerprint density at radius 1 is 1.21 bits per heavy atom. The lowest BCUT2D eigenvalue weighted by atomic mass is 9.48. The normalized spacial score (nSPS) is 36.6. The first-order chi connectivity index (χ1) is 11.5. The molecule has 4 aliphatic carbocycles. The van der Waals surface area contributed by atoms with Crippen LogP contribution in [0.15, 0.2) is 18.2 Å². The Morgan fingerprint density at radius 2 is 1.92 bits per heavy atom. The van der Waals surface area contributed by atoms with Gasteiger partial charge in [0.1, 0.15) is 11.4 Å². The Morgan fingerprint density at radius 3 is 2.54 bits per heavy atom. The van der Waals surface area contributed by atoms with Gasteiger partial charge < -0.3 is 4.74 Å². The lowest BCUT2D eigenvalue weighted by Gasteiger charge is -2.60. The summed E-state index contributed by atoms with van der Waals surface area (Å²) in [6, 6.07) is 6.35. The van der Waals surface area contributed by atoms with Crippen molar-refractivity contribution in [2.75, 3.05) is 7.11 Å². The third kappa shape index (κ3) is 2.52. The van der Waals surface area contributed by atoms with Crippen molar-refractivity contribution in [3.63, 3.8) is 0 Å². The van der Waals surface area contributed by atoms with Gasteiger partial charge in [-0.25, -0.2) is 5.48 Å². The summed E-state index contributed by atoms with van der Waals surface area (Å²) in [5.74, 6) is 3.27. The van der Waals surface area contributed by atoms with Crippen LogP contribution in [0.5, 0.6) is 5.75 Å². The van der Waals surface area contributed by atoms with E-state index in [0.29, 0.717) is 11.8 Å². The van der Waals surface area contributed by atoms with Gasteiger partial charge in [-0.2, -0.15) is 0 Å². The molecule has 4 saturated carbocycles. The molecule has 0 aliphatic heterocycles. The van der Waals surface area contributed by atoms with Gasteiger partial charge in [0, 0.05) is 12.8 Å². The summed E-state index contributed by atoms with van der Waals surface area (Å²) in [4.78, 5) is 17.7. The lowest BCUT2D eigenvalue weighted by Crippen LogP contribution is -2.59. The van der Waals surface area contributed by atoms with E-state index in [2.05, 4.69) is 24.5 Å². The molecule has 1 aromatic carbocycles. The monoisotopic (exact) mass is 329 g/mol. The molecule has 130 valence electrons. The summed E-state index contributed by atoms with van der Waals surface area (Å²) in [5, 5.41) is 0. The van der Waals surface area contributed by atoms with Crippen LogP contribution in [0.2, 0.25) is 0 Å². The van der Waals surface area contributed by atoms with E-state index in [9.17, 15) is 4.79 Å². The predicted molar refractivity (Wildman–Crippen MR) is 91.7 cm³/mol. The van der Waals surface area contributed by atoms with Crippen molar-refractivity contribution >= 4 is 5.91 Å². The first-order valence-electron chi connectivity index (χ1n) is 9.10. The summed E-state index contributed by atoms with van der Waals surface area (Å²) in [7, 11) is 1.72. The zero-order valence-electron chi connectivity index (χ0n) is 14.8. The molecule has 3 atom stereocenters. The summed E-state index contributed by atoms with van der Waals surface area (Å²) >= 11 is 0. The molecule has 4 nitrogen and oxygen atoms in total. The Bertz CT molecular complexity index is 642. The Labute approximate surface area is 143 Å². The lowest BCUT2D eigenvalue weighted by molar-refractivity contribution is -0.211. The van der Waals surface area contributed by atoms with Crippen molar-refractivity contribution < 1.29 is 14.4 Å². The summed E-state index contributed by atoms with van der Waals surface area (Å²) in [6.45, 7) is 3.69. The summed E-state index contributed by atoms with van der Waals surface area (Å²) < 4.78 is 5.47. The quantitative estimate of drug-likeness (QED) is 0.856. The van der Waals surface area contributed by atoms with Crippen LogP contribution in [0.25, 0.3) is 0 Å². The highest BCUT2D eigenvalue weighted by molar-refractivity contribution is 5.71. The van der Waals surface area contributed by atoms with Gasteiger partial charge in [-0.15, -0.1) is 0 Å². The second-order valence-electron chi connectivity index (χ2n) is 8.13. The molecule has 0 radical (unpaired) electrons. The van der Waals surface area contributed by atoms with Gasteiger partial charge in [0.05, 0.1) is 7.11 Å². The fourth-order valence-electron chi connectivity index (χ4n) is 5.90. The van der Waals surface area contributed by atoms with Gasteiger partial charge in [-0.1, -0.05) is 6.07 Å². The molecule has 0 aromatic heterocycles. The average molecular weight is 329 g/mol. The number of hydrogen-bond donors (Lipinski definition) is 1. The fraction of sp³-hybridized carbons (Fsp3) is 0.650. The maximum absolute atomic E-state index is 11.5. The first-order valence-corrected chi connectivity index (χ1v) is 9.10. The number of carbonyl (C=O) groups is 1. The number of rotatable bonds is 4. The van der Waals surface area contributed by atoms with Crippen LogP contribution < -0.4 is 10.2 Å². The predicted octanol–water partition coefficient (Wildman–Crippen LogP) is 3.73. The molecule has 1 N–H and O–H groups in total. The summed E-state index contributed by atoms with van der Waals surface area (Å²) in [5.41, 5.74) is 5.06. The maximum Gasteiger partial charge on any atom is 0.240 e. The van der Waals surface area contributed by atoms with E-state index in [-0.39, 0.29) is 11.5 Å². The van der Waals surface area contributed by atoms with E-state index in [1.165, 1.54) is 37.3 Å². The average Bonchev–Trinajstić information content (AvgIpc) is 2.54. The Kier molecular flexibility index (Phi) is 3.83. The number of hydrogen-bond acceptors (Lipinski definition) is 3. The van der Waals surface area contributed by atoms with Gasteiger partial charge in [-0.05, 0) is 80.0 Å². The van der Waals surface area contributed by atoms with Crippen molar-refractivity contribution in [3.05, 3.63) is 29.3 Å². The molecular weight excluding hydrogens is 302 g/mol. The molecule has 0 saturated heterocycles. The van der Waals surface area contributed by atoms with E-state index in [0.717, 1.165) is 30.4 Å². The molecule has 0 heterocycles. The van der Waals surface area contributed by atoms with Crippen molar-refractivity contribution in [1.29, 1.82) is 0 Å². The molecule has 4 heteroatoms. The minimum absolute atomic E-state index is 0.119. The zero-order chi connectivity index (χ0) is 16.9. The number of carbonyl (C=O) groups excluding carboxylic acids is 1. The number of hydroxylamine groups is 1. The fourth-order valence-corrected chi connectivity index (χ4v) is 5.90. The van der Waals surface area contributed by atoms with Crippen LogP contribution in [-0.2, 0) is 9.63 Å². The number of methoxy groups -OCH3 is 1. The van der Waals surface area contributed by atoms with E-state index < -0.39 is 0 Å². The second-order valence-corrected chi connectivity index (χ2v) is 8.13. The Balaban J connectivity index is 1.75. The van der Waals surface area contributed by atoms with Gasteiger partial charge in [0.2, 0.25) is 5.91 Å². The second kappa shape index (κ2) is 5.76. The number of benzene rings is 1. The molecule has 4 aliphatic rings. The van der Waals surface area contributed by atoms with Gasteiger partial charge in [0.15, 0.2) is 0 Å². The largest absolute Gasteiger partial charge is 0.497 e. The van der Waals surface area contributed by atoms with E-state index in [1.54, 1.807) is 7.11 Å². The molecule has 3 unspecified atom stereocenters. The number of ether oxygens (including phenoxy) is 1. The van der Waals surface area contributed by atoms with Crippen LogP contribution >= 0.6 is 0 Å². The third-order valence-electron chi connectivity index (χ3n) is 6.46. The van der Waals surface area contributed by atoms with Crippen molar-refractivity contribution in [1.82, 2.24) is 5.48 Å². The van der Waals surface area contributed by atoms with E-state index in [1.807, 2.05) is 6.07 Å². The topological polar surface area (TPSA) is 47.6 Å². The summed E-state index contributed by atoms with van der Waals surface area (Å²) in [6.07, 6.45) is 6.04. The van der Waals surface area contributed by atoms with Crippen LogP contribution in [0, 0.1) is 24.7 Å². The smallest absolute Gasteiger partial charge is 0.240 e. The molecule has 4 fully saturated rings. The molecule has 24 heavy (non-hydrogen) atoms. The van der Waals surface area contributed by atoms with Crippen LogP contribution in [-0.4, -0.2) is 18.6 Å². The van der Waals surface area contributed by atoms with Gasteiger partial charge in [0.25, 0.3) is 0 Å². The number of amides is 1. The standard InChI is InChI=1S/C20H27NO3/c1-12-4-5-17(23-3)9-18(12)19-16-7-14-6-15(8-16)11-20(19,10-14)24-21-13(2)22/h4-5,9,14-16,19H,6-8,10-11H2,1-3H3,(H,21,22). The minimum atomic E-state index is -0.252.